The molecule has 0 aliphatic rings. The van der Waals surface area contributed by atoms with Crippen LogP contribution in [0.2, 0.25) is 0 Å². The van der Waals surface area contributed by atoms with E-state index in [2.05, 4.69) is 23.3 Å². The zero-order valence-corrected chi connectivity index (χ0v) is 7.24. The molecule has 1 atom stereocenters. The summed E-state index contributed by atoms with van der Waals surface area (Å²) in [7, 11) is 3.45. The third kappa shape index (κ3) is 3.08. The van der Waals surface area contributed by atoms with Crippen LogP contribution in [0.15, 0.2) is 0 Å². The summed E-state index contributed by atoms with van der Waals surface area (Å²) in [6.07, 6.45) is 0. The molecule has 0 aliphatic carbocycles. The summed E-state index contributed by atoms with van der Waals surface area (Å²) in [6.45, 7) is 0.684. The van der Waals surface area contributed by atoms with Gasteiger partial charge in [-0.15, -0.1) is 0 Å². The van der Waals surface area contributed by atoms with Gasteiger partial charge in [-0.2, -0.15) is 12.6 Å². The molecule has 0 heterocycles. The predicted molar refractivity (Wildman–Crippen MR) is 45.3 cm³/mol. The molecule has 0 aromatic heterocycles. The molecule has 1 unspecified atom stereocenters. The number of hydrogen-bond acceptors (Lipinski definition) is 3. The molecule has 0 radical (unpaired) electrons. The molecular formula is C6H14N2OS. The van der Waals surface area contributed by atoms with Gasteiger partial charge in [0, 0.05) is 19.3 Å². The second kappa shape index (κ2) is 5.56. The lowest BCUT2D eigenvalue weighted by molar-refractivity contribution is -0.123. The Hall–Kier alpha value is -0.220. The van der Waals surface area contributed by atoms with Crippen molar-refractivity contribution < 1.29 is 4.79 Å². The van der Waals surface area contributed by atoms with Crippen LogP contribution in [0.25, 0.3) is 0 Å². The molecule has 0 aromatic carbocycles. The number of nitrogens with one attached hydrogen (secondary N) is 2. The van der Waals surface area contributed by atoms with Crippen LogP contribution in [0.3, 0.4) is 0 Å². The van der Waals surface area contributed by atoms with E-state index < -0.39 is 0 Å². The lowest BCUT2D eigenvalue weighted by Gasteiger charge is -2.10. The van der Waals surface area contributed by atoms with Gasteiger partial charge in [-0.25, -0.2) is 0 Å². The van der Waals surface area contributed by atoms with Crippen LogP contribution >= 0.6 is 12.6 Å². The Bertz CT molecular complexity index is 108. The minimum absolute atomic E-state index is 0.0154. The maximum atomic E-state index is 10.9. The lowest BCUT2D eigenvalue weighted by atomic mass is 10.1. The topological polar surface area (TPSA) is 41.1 Å². The van der Waals surface area contributed by atoms with Crippen LogP contribution in [-0.4, -0.2) is 32.3 Å². The zero-order valence-electron chi connectivity index (χ0n) is 6.35. The highest BCUT2D eigenvalue weighted by atomic mass is 32.1. The van der Waals surface area contributed by atoms with Gasteiger partial charge >= 0.3 is 0 Å². The predicted octanol–water partition coefficient (Wildman–Crippen LogP) is -0.502. The van der Waals surface area contributed by atoms with Gasteiger partial charge in [-0.3, -0.25) is 4.79 Å². The largest absolute Gasteiger partial charge is 0.359 e. The number of carbonyl (C=O) groups is 1. The molecule has 0 bridgehead atoms. The third-order valence-electron chi connectivity index (χ3n) is 1.29. The quantitative estimate of drug-likeness (QED) is 0.488. The maximum Gasteiger partial charge on any atom is 0.224 e. The summed E-state index contributed by atoms with van der Waals surface area (Å²) in [5.74, 6) is 0.614. The summed E-state index contributed by atoms with van der Waals surface area (Å²) >= 11 is 4.04. The van der Waals surface area contributed by atoms with Gasteiger partial charge in [-0.1, -0.05) is 0 Å². The molecule has 1 amide bonds. The first-order valence-electron chi connectivity index (χ1n) is 3.23. The molecule has 60 valence electrons. The number of amides is 1. The average molecular weight is 162 g/mol. The van der Waals surface area contributed by atoms with E-state index >= 15 is 0 Å². The fourth-order valence-electron chi connectivity index (χ4n) is 0.691. The van der Waals surface area contributed by atoms with Crippen molar-refractivity contribution in [3.8, 4) is 0 Å². The number of carbonyl (C=O) groups excluding carboxylic acids is 1. The highest BCUT2D eigenvalue weighted by Gasteiger charge is 2.12. The second-order valence-corrected chi connectivity index (χ2v) is 2.42. The van der Waals surface area contributed by atoms with Crippen molar-refractivity contribution in [3.63, 3.8) is 0 Å². The van der Waals surface area contributed by atoms with E-state index in [1.54, 1.807) is 7.05 Å². The molecule has 0 aliphatic heterocycles. The average Bonchev–Trinajstić information content (AvgIpc) is 1.99. The summed E-state index contributed by atoms with van der Waals surface area (Å²) in [6, 6.07) is 0. The molecule has 0 saturated heterocycles. The fourth-order valence-corrected chi connectivity index (χ4v) is 0.986. The zero-order chi connectivity index (χ0) is 7.98. The Labute approximate surface area is 67.0 Å². The highest BCUT2D eigenvalue weighted by molar-refractivity contribution is 7.80. The first-order valence-corrected chi connectivity index (χ1v) is 3.86. The Morgan fingerprint density at radius 1 is 1.60 bits per heavy atom. The van der Waals surface area contributed by atoms with Crippen LogP contribution in [-0.2, 0) is 4.79 Å². The van der Waals surface area contributed by atoms with Gasteiger partial charge in [0.15, 0.2) is 0 Å². The van der Waals surface area contributed by atoms with Crippen molar-refractivity contribution in [2.24, 2.45) is 5.92 Å². The van der Waals surface area contributed by atoms with Crippen molar-refractivity contribution in [2.45, 2.75) is 0 Å². The molecule has 3 nitrogen and oxygen atoms in total. The van der Waals surface area contributed by atoms with Crippen LogP contribution in [0.5, 0.6) is 0 Å². The number of thiol groups is 1. The molecule has 2 N–H and O–H groups in total. The molecule has 10 heavy (non-hydrogen) atoms. The van der Waals surface area contributed by atoms with Gasteiger partial charge in [-0.05, 0) is 7.05 Å². The highest BCUT2D eigenvalue weighted by Crippen LogP contribution is 1.96. The monoisotopic (exact) mass is 162 g/mol. The van der Waals surface area contributed by atoms with E-state index in [-0.39, 0.29) is 11.8 Å². The molecule has 0 saturated carbocycles. The van der Waals surface area contributed by atoms with Crippen LogP contribution in [0, 0.1) is 5.92 Å². The molecule has 0 fully saturated rings. The van der Waals surface area contributed by atoms with Crippen LogP contribution in [0.4, 0.5) is 0 Å². The fraction of sp³-hybridized carbons (Fsp3) is 0.833. The molecular weight excluding hydrogens is 148 g/mol. The third-order valence-corrected chi connectivity index (χ3v) is 1.73. The van der Waals surface area contributed by atoms with E-state index in [4.69, 9.17) is 0 Å². The SMILES string of the molecule is CNCC(CS)C(=O)NC. The van der Waals surface area contributed by atoms with E-state index in [0.29, 0.717) is 12.3 Å². The molecule has 0 spiro atoms. The van der Waals surface area contributed by atoms with E-state index in [1.165, 1.54) is 0 Å². The van der Waals surface area contributed by atoms with Gasteiger partial charge in [0.25, 0.3) is 0 Å². The second-order valence-electron chi connectivity index (χ2n) is 2.05. The molecule has 4 heteroatoms. The number of rotatable bonds is 4. The van der Waals surface area contributed by atoms with Gasteiger partial charge < -0.3 is 10.6 Å². The standard InChI is InChI=1S/C6H14N2OS/c1-7-3-5(4-10)6(9)8-2/h5,7,10H,3-4H2,1-2H3,(H,8,9). The Morgan fingerprint density at radius 2 is 2.20 bits per heavy atom. The summed E-state index contributed by atoms with van der Waals surface area (Å²) in [5, 5.41) is 5.50. The summed E-state index contributed by atoms with van der Waals surface area (Å²) in [5.41, 5.74) is 0. The first kappa shape index (κ1) is 9.78. The molecule has 0 rings (SSSR count). The van der Waals surface area contributed by atoms with E-state index in [1.807, 2.05) is 7.05 Å². The smallest absolute Gasteiger partial charge is 0.224 e. The molecule has 0 aromatic rings. The van der Waals surface area contributed by atoms with Crippen molar-refractivity contribution >= 4 is 18.5 Å². The van der Waals surface area contributed by atoms with E-state index in [9.17, 15) is 4.79 Å². The van der Waals surface area contributed by atoms with Crippen molar-refractivity contribution in [1.29, 1.82) is 0 Å². The number of hydrogen-bond donors (Lipinski definition) is 3. The van der Waals surface area contributed by atoms with Crippen LogP contribution < -0.4 is 10.6 Å². The Balaban J connectivity index is 3.68. The first-order chi connectivity index (χ1) is 4.76. The van der Waals surface area contributed by atoms with Gasteiger partial charge in [0.1, 0.15) is 0 Å². The van der Waals surface area contributed by atoms with Crippen molar-refractivity contribution in [1.82, 2.24) is 10.6 Å². The lowest BCUT2D eigenvalue weighted by Crippen LogP contribution is -2.34. The normalized spacial score (nSPS) is 12.7. The van der Waals surface area contributed by atoms with Crippen molar-refractivity contribution in [3.05, 3.63) is 0 Å². The maximum absolute atomic E-state index is 10.9. The Kier molecular flexibility index (Phi) is 5.43. The van der Waals surface area contributed by atoms with E-state index in [0.717, 1.165) is 0 Å². The van der Waals surface area contributed by atoms with Crippen molar-refractivity contribution in [2.75, 3.05) is 26.4 Å². The van der Waals surface area contributed by atoms with Gasteiger partial charge in [0.05, 0.1) is 5.92 Å². The Morgan fingerprint density at radius 3 is 2.50 bits per heavy atom. The van der Waals surface area contributed by atoms with Gasteiger partial charge in [0.2, 0.25) is 5.91 Å². The minimum atomic E-state index is -0.0154. The summed E-state index contributed by atoms with van der Waals surface area (Å²) < 4.78 is 0. The van der Waals surface area contributed by atoms with Crippen LogP contribution in [0.1, 0.15) is 0 Å². The summed E-state index contributed by atoms with van der Waals surface area (Å²) in [4.78, 5) is 10.9. The minimum Gasteiger partial charge on any atom is -0.359 e.